The number of likely N-dealkylation sites (N-methyl/N-ethyl adjacent to an activating group) is 1. The highest BCUT2D eigenvalue weighted by atomic mass is 31.2. The SMILES string of the molecule is CC/C=C\C/C=C\C/C=C\C/C=C\CCCCC(=O)OC(COCCCCCCCC/C=C\CCC)COP(=O)(O)OCC[N+](C)(C)C. The van der Waals surface area contributed by atoms with Gasteiger partial charge in [0, 0.05) is 13.0 Å². The van der Waals surface area contributed by atoms with Gasteiger partial charge in [0.25, 0.3) is 0 Å². The number of carbonyl (C=O) groups excluding carboxylic acids is 1. The molecule has 0 fully saturated rings. The predicted octanol–water partition coefficient (Wildman–Crippen LogP) is 10.2. The van der Waals surface area contributed by atoms with Crippen LogP contribution in [-0.4, -0.2) is 75.6 Å². The Kier molecular flexibility index (Phi) is 31.2. The minimum absolute atomic E-state index is 0.0765. The van der Waals surface area contributed by atoms with Crippen molar-refractivity contribution in [1.29, 1.82) is 0 Å². The quantitative estimate of drug-likeness (QED) is 0.0240. The summed E-state index contributed by atoms with van der Waals surface area (Å²) in [6, 6.07) is 0. The molecule has 2 unspecified atom stereocenters. The average Bonchev–Trinajstić information content (AvgIpc) is 3.03. The molecule has 0 aliphatic rings. The first kappa shape index (κ1) is 46.2. The fourth-order valence-electron chi connectivity index (χ4n) is 4.43. The number of esters is 1. The number of allylic oxidation sites excluding steroid dienone is 10. The molecule has 8 nitrogen and oxygen atoms in total. The van der Waals surface area contributed by atoms with Gasteiger partial charge in [0.05, 0.1) is 34.4 Å². The number of ether oxygens (including phenoxy) is 2. The van der Waals surface area contributed by atoms with Crippen LogP contribution in [0, 0.1) is 0 Å². The summed E-state index contributed by atoms with van der Waals surface area (Å²) in [5, 5.41) is 0. The van der Waals surface area contributed by atoms with Gasteiger partial charge in [0.2, 0.25) is 0 Å². The molecule has 0 radical (unpaired) electrons. The molecule has 278 valence electrons. The summed E-state index contributed by atoms with van der Waals surface area (Å²) in [5.41, 5.74) is 0. The van der Waals surface area contributed by atoms with Gasteiger partial charge in [-0.1, -0.05) is 107 Å². The number of carbonyl (C=O) groups is 1. The van der Waals surface area contributed by atoms with E-state index in [2.05, 4.69) is 74.6 Å². The van der Waals surface area contributed by atoms with Crippen molar-refractivity contribution in [2.75, 3.05) is 54.1 Å². The van der Waals surface area contributed by atoms with Gasteiger partial charge in [-0.3, -0.25) is 13.8 Å². The summed E-state index contributed by atoms with van der Waals surface area (Å²) in [4.78, 5) is 22.7. The van der Waals surface area contributed by atoms with E-state index in [1.165, 1.54) is 38.5 Å². The van der Waals surface area contributed by atoms with Crippen LogP contribution >= 0.6 is 7.82 Å². The van der Waals surface area contributed by atoms with Crippen LogP contribution in [0.5, 0.6) is 0 Å². The first-order chi connectivity index (χ1) is 23.1. The second-order valence-electron chi connectivity index (χ2n) is 13.2. The van der Waals surface area contributed by atoms with Crippen molar-refractivity contribution in [1.82, 2.24) is 0 Å². The van der Waals surface area contributed by atoms with Gasteiger partial charge >= 0.3 is 13.8 Å². The first-order valence-electron chi connectivity index (χ1n) is 18.5. The molecule has 0 heterocycles. The average molecular weight is 697 g/mol. The van der Waals surface area contributed by atoms with Gasteiger partial charge in [0.1, 0.15) is 19.3 Å². The maximum Gasteiger partial charge on any atom is 0.472 e. The normalized spacial score (nSPS) is 14.7. The van der Waals surface area contributed by atoms with E-state index >= 15 is 0 Å². The van der Waals surface area contributed by atoms with Crippen molar-refractivity contribution in [3.63, 3.8) is 0 Å². The molecule has 0 saturated carbocycles. The lowest BCUT2D eigenvalue weighted by atomic mass is 10.1. The summed E-state index contributed by atoms with van der Waals surface area (Å²) in [7, 11) is 1.62. The standard InChI is InChI=1S/C39H70NO7P/c1-6-8-10-12-14-16-18-19-20-21-22-24-26-28-30-32-39(41)47-38(37-46-48(42,43)45-35-33-40(3,4)5)36-44-34-31-29-27-25-23-17-15-13-11-9-7-2/h8,10-11,13-14,16,19-20,22,24,38H,6-7,9,12,15,17-18,21,23,25-37H2,1-5H3/p+1/b10-8-,13-11-,16-14-,20-19-,24-22-. The van der Waals surface area contributed by atoms with E-state index in [1.807, 2.05) is 21.1 Å². The van der Waals surface area contributed by atoms with Gasteiger partial charge in [-0.05, 0) is 70.6 Å². The van der Waals surface area contributed by atoms with E-state index in [0.717, 1.165) is 57.8 Å². The van der Waals surface area contributed by atoms with Crippen molar-refractivity contribution in [3.05, 3.63) is 60.8 Å². The number of nitrogens with zero attached hydrogens (tertiary/aromatic N) is 1. The lowest BCUT2D eigenvalue weighted by Crippen LogP contribution is -2.37. The number of hydrogen-bond donors (Lipinski definition) is 1. The summed E-state index contributed by atoms with van der Waals surface area (Å²) in [6.07, 6.45) is 38.2. The monoisotopic (exact) mass is 696 g/mol. The summed E-state index contributed by atoms with van der Waals surface area (Å²) in [6.45, 7) is 5.34. The largest absolute Gasteiger partial charge is 0.472 e. The molecule has 48 heavy (non-hydrogen) atoms. The number of rotatable bonds is 33. The Morgan fingerprint density at radius 1 is 0.667 bits per heavy atom. The van der Waals surface area contributed by atoms with Gasteiger partial charge < -0.3 is 18.9 Å². The number of phosphoric acid groups is 1. The molecular weight excluding hydrogens is 625 g/mol. The Hall–Kier alpha value is -1.80. The molecule has 0 aromatic heterocycles. The molecule has 1 N–H and O–H groups in total. The van der Waals surface area contributed by atoms with Crippen LogP contribution in [0.3, 0.4) is 0 Å². The highest BCUT2D eigenvalue weighted by Gasteiger charge is 2.26. The summed E-state index contributed by atoms with van der Waals surface area (Å²) >= 11 is 0. The fraction of sp³-hybridized carbons (Fsp3) is 0.718. The minimum Gasteiger partial charge on any atom is -0.457 e. The smallest absolute Gasteiger partial charge is 0.457 e. The number of phosphoric ester groups is 1. The number of hydrogen-bond acceptors (Lipinski definition) is 6. The van der Waals surface area contributed by atoms with Crippen LogP contribution in [0.15, 0.2) is 60.8 Å². The summed E-state index contributed by atoms with van der Waals surface area (Å²) < 4.78 is 34.7. The topological polar surface area (TPSA) is 91.3 Å². The van der Waals surface area contributed by atoms with E-state index < -0.39 is 13.9 Å². The van der Waals surface area contributed by atoms with Crippen LogP contribution in [0.25, 0.3) is 0 Å². The molecule has 2 atom stereocenters. The zero-order chi connectivity index (χ0) is 35.6. The van der Waals surface area contributed by atoms with Gasteiger partial charge in [-0.2, -0.15) is 0 Å². The predicted molar refractivity (Wildman–Crippen MR) is 201 cm³/mol. The first-order valence-corrected chi connectivity index (χ1v) is 20.0. The molecule has 9 heteroatoms. The molecule has 0 bridgehead atoms. The Morgan fingerprint density at radius 3 is 1.83 bits per heavy atom. The lowest BCUT2D eigenvalue weighted by molar-refractivity contribution is -0.870. The maximum absolute atomic E-state index is 12.6. The highest BCUT2D eigenvalue weighted by molar-refractivity contribution is 7.47. The second-order valence-corrected chi connectivity index (χ2v) is 14.7. The maximum atomic E-state index is 12.6. The van der Waals surface area contributed by atoms with E-state index in [1.54, 1.807) is 0 Å². The Balaban J connectivity index is 4.42. The zero-order valence-corrected chi connectivity index (χ0v) is 32.1. The Morgan fingerprint density at radius 2 is 1.21 bits per heavy atom. The van der Waals surface area contributed by atoms with E-state index in [-0.39, 0.29) is 32.2 Å². The molecule has 0 spiro atoms. The molecule has 0 saturated heterocycles. The Bertz CT molecular complexity index is 952. The van der Waals surface area contributed by atoms with Crippen LogP contribution in [0.2, 0.25) is 0 Å². The third-order valence-electron chi connectivity index (χ3n) is 7.29. The van der Waals surface area contributed by atoms with Crippen molar-refractivity contribution in [2.24, 2.45) is 0 Å². The van der Waals surface area contributed by atoms with Gasteiger partial charge in [0.15, 0.2) is 0 Å². The molecule has 0 aromatic carbocycles. The van der Waals surface area contributed by atoms with Crippen molar-refractivity contribution in [3.8, 4) is 0 Å². The summed E-state index contributed by atoms with van der Waals surface area (Å²) in [5.74, 6) is -0.361. The van der Waals surface area contributed by atoms with Gasteiger partial charge in [-0.25, -0.2) is 4.57 Å². The van der Waals surface area contributed by atoms with Crippen LogP contribution in [0.1, 0.15) is 123 Å². The third kappa shape index (κ3) is 35.5. The zero-order valence-electron chi connectivity index (χ0n) is 31.2. The number of quaternary nitrogens is 1. The number of unbranched alkanes of at least 4 members (excludes halogenated alkanes) is 9. The van der Waals surface area contributed by atoms with Crippen molar-refractivity contribution < 1.29 is 37.3 Å². The Labute approximate surface area is 294 Å². The highest BCUT2D eigenvalue weighted by Crippen LogP contribution is 2.43. The third-order valence-corrected chi connectivity index (χ3v) is 8.28. The lowest BCUT2D eigenvalue weighted by Gasteiger charge is -2.24. The van der Waals surface area contributed by atoms with Crippen LogP contribution in [-0.2, 0) is 27.9 Å². The minimum atomic E-state index is -4.28. The van der Waals surface area contributed by atoms with E-state index in [0.29, 0.717) is 24.1 Å². The molecule has 0 rings (SSSR count). The molecular formula is C39H71NO7P+. The van der Waals surface area contributed by atoms with Crippen LogP contribution in [0.4, 0.5) is 0 Å². The second kappa shape index (κ2) is 32.4. The van der Waals surface area contributed by atoms with Crippen LogP contribution < -0.4 is 0 Å². The van der Waals surface area contributed by atoms with E-state index in [4.69, 9.17) is 18.5 Å². The van der Waals surface area contributed by atoms with Crippen molar-refractivity contribution >= 4 is 13.8 Å². The fourth-order valence-corrected chi connectivity index (χ4v) is 5.17. The molecule has 0 aliphatic carbocycles. The van der Waals surface area contributed by atoms with Crippen molar-refractivity contribution in [2.45, 2.75) is 129 Å². The van der Waals surface area contributed by atoms with E-state index in [9.17, 15) is 14.3 Å². The molecule has 0 aromatic rings. The molecule has 0 amide bonds. The van der Waals surface area contributed by atoms with Gasteiger partial charge in [-0.15, -0.1) is 0 Å². The molecule has 0 aliphatic heterocycles.